The maximum absolute atomic E-state index is 5.60. The molecule has 4 unspecified atom stereocenters. The fourth-order valence-corrected chi connectivity index (χ4v) is 2.02. The Morgan fingerprint density at radius 2 is 1.29 bits per heavy atom. The highest BCUT2D eigenvalue weighted by atomic mass is 16.6. The second-order valence-corrected chi connectivity index (χ2v) is 4.70. The number of rotatable bonds is 10. The number of allylic oxidation sites excluding steroid dienone is 2. The van der Waals surface area contributed by atoms with Crippen LogP contribution in [-0.4, -0.2) is 37.6 Å². The molecule has 2 fully saturated rings. The molecule has 2 heterocycles. The van der Waals surface area contributed by atoms with Gasteiger partial charge in [-0.25, -0.2) is 0 Å². The lowest BCUT2D eigenvalue weighted by molar-refractivity contribution is 0.102. The molecule has 0 aromatic carbocycles. The molecule has 0 N–H and O–H groups in total. The second-order valence-electron chi connectivity index (χ2n) is 4.70. The topological polar surface area (TPSA) is 34.3 Å². The van der Waals surface area contributed by atoms with Gasteiger partial charge in [0, 0.05) is 0 Å². The van der Waals surface area contributed by atoms with Crippen LogP contribution in [0.3, 0.4) is 0 Å². The molecule has 0 aromatic rings. The summed E-state index contributed by atoms with van der Waals surface area (Å²) in [6.45, 7) is 8.81. The molecule has 17 heavy (non-hydrogen) atoms. The summed E-state index contributed by atoms with van der Waals surface area (Å²) in [5, 5.41) is 0. The summed E-state index contributed by atoms with van der Waals surface area (Å²) in [6.07, 6.45) is 9.45. The van der Waals surface area contributed by atoms with Crippen molar-refractivity contribution in [2.24, 2.45) is 0 Å². The summed E-state index contributed by atoms with van der Waals surface area (Å²) < 4.78 is 16.6. The van der Waals surface area contributed by atoms with E-state index in [1.165, 1.54) is 0 Å². The average Bonchev–Trinajstić information content (AvgIpc) is 3.22. The van der Waals surface area contributed by atoms with E-state index in [0.717, 1.165) is 25.7 Å². The van der Waals surface area contributed by atoms with Gasteiger partial charge in [-0.3, -0.25) is 0 Å². The van der Waals surface area contributed by atoms with Crippen LogP contribution in [-0.2, 0) is 14.2 Å². The van der Waals surface area contributed by atoms with Crippen molar-refractivity contribution in [2.45, 2.75) is 50.1 Å². The predicted octanol–water partition coefficient (Wildman–Crippen LogP) is 2.47. The van der Waals surface area contributed by atoms with Gasteiger partial charge in [-0.05, 0) is 25.7 Å². The van der Waals surface area contributed by atoms with Crippen LogP contribution >= 0.6 is 0 Å². The highest BCUT2D eigenvalue weighted by molar-refractivity contribution is 4.89. The van der Waals surface area contributed by atoms with Crippen LogP contribution < -0.4 is 0 Å². The van der Waals surface area contributed by atoms with Crippen molar-refractivity contribution in [3.05, 3.63) is 25.3 Å². The van der Waals surface area contributed by atoms with Crippen LogP contribution in [0.2, 0.25) is 0 Å². The van der Waals surface area contributed by atoms with Crippen LogP contribution in [0.25, 0.3) is 0 Å². The fourth-order valence-electron chi connectivity index (χ4n) is 2.02. The summed E-state index contributed by atoms with van der Waals surface area (Å²) in [6, 6.07) is 0. The Morgan fingerprint density at radius 1 is 0.824 bits per heavy atom. The first kappa shape index (κ1) is 12.8. The van der Waals surface area contributed by atoms with Gasteiger partial charge in [0.25, 0.3) is 0 Å². The summed E-state index contributed by atoms with van der Waals surface area (Å²) in [5.74, 6) is 0. The summed E-state index contributed by atoms with van der Waals surface area (Å²) >= 11 is 0. The molecule has 0 aromatic heterocycles. The van der Waals surface area contributed by atoms with Crippen LogP contribution in [0.1, 0.15) is 25.7 Å². The normalized spacial score (nSPS) is 34.4. The third kappa shape index (κ3) is 4.26. The minimum Gasteiger partial charge on any atom is -0.376 e. The zero-order valence-electron chi connectivity index (χ0n) is 10.3. The molecule has 0 bridgehead atoms. The van der Waals surface area contributed by atoms with E-state index in [-0.39, 0.29) is 0 Å². The first-order valence-corrected chi connectivity index (χ1v) is 6.45. The number of epoxide rings is 2. The zero-order chi connectivity index (χ0) is 12.1. The second kappa shape index (κ2) is 6.34. The Kier molecular flexibility index (Phi) is 4.77. The van der Waals surface area contributed by atoms with Crippen LogP contribution in [0.4, 0.5) is 0 Å². The summed E-state index contributed by atoms with van der Waals surface area (Å²) in [7, 11) is 0. The molecule has 3 nitrogen and oxygen atoms in total. The summed E-state index contributed by atoms with van der Waals surface area (Å²) in [4.78, 5) is 0. The Bertz CT molecular complexity index is 238. The minimum absolute atomic E-state index is 0.306. The maximum atomic E-state index is 5.60. The van der Waals surface area contributed by atoms with Crippen molar-refractivity contribution in [2.75, 3.05) is 13.2 Å². The smallest absolute Gasteiger partial charge is 0.107 e. The Morgan fingerprint density at radius 3 is 1.71 bits per heavy atom. The number of hydrogen-bond donors (Lipinski definition) is 0. The molecular formula is C14H22O3. The Balaban J connectivity index is 1.43. The molecule has 2 saturated heterocycles. The van der Waals surface area contributed by atoms with E-state index in [9.17, 15) is 0 Å². The molecule has 0 spiro atoms. The Hall–Kier alpha value is -0.640. The molecule has 2 rings (SSSR count). The minimum atomic E-state index is 0.306. The maximum Gasteiger partial charge on any atom is 0.107 e. The van der Waals surface area contributed by atoms with Crippen molar-refractivity contribution < 1.29 is 14.2 Å². The summed E-state index contributed by atoms with van der Waals surface area (Å²) in [5.41, 5.74) is 0. The molecule has 0 saturated carbocycles. The van der Waals surface area contributed by atoms with E-state index in [0.29, 0.717) is 37.6 Å². The SMILES string of the molecule is C=CCCC1OC1COCC1OC1CCC=C. The van der Waals surface area contributed by atoms with Gasteiger partial charge in [-0.2, -0.15) is 0 Å². The third-order valence-corrected chi connectivity index (χ3v) is 3.25. The molecule has 0 amide bonds. The van der Waals surface area contributed by atoms with Gasteiger partial charge in [-0.1, -0.05) is 12.2 Å². The van der Waals surface area contributed by atoms with E-state index in [1.807, 2.05) is 12.2 Å². The molecule has 96 valence electrons. The van der Waals surface area contributed by atoms with Crippen molar-refractivity contribution in [3.63, 3.8) is 0 Å². The monoisotopic (exact) mass is 238 g/mol. The van der Waals surface area contributed by atoms with E-state index >= 15 is 0 Å². The lowest BCUT2D eigenvalue weighted by atomic mass is 10.2. The van der Waals surface area contributed by atoms with Crippen molar-refractivity contribution >= 4 is 0 Å². The molecular weight excluding hydrogens is 216 g/mol. The quantitative estimate of drug-likeness (QED) is 0.433. The van der Waals surface area contributed by atoms with Gasteiger partial charge in [0.15, 0.2) is 0 Å². The largest absolute Gasteiger partial charge is 0.376 e. The van der Waals surface area contributed by atoms with Gasteiger partial charge in [0.2, 0.25) is 0 Å². The number of hydrogen-bond acceptors (Lipinski definition) is 3. The van der Waals surface area contributed by atoms with Crippen molar-refractivity contribution in [1.29, 1.82) is 0 Å². The van der Waals surface area contributed by atoms with Crippen LogP contribution in [0.5, 0.6) is 0 Å². The van der Waals surface area contributed by atoms with Crippen LogP contribution in [0.15, 0.2) is 25.3 Å². The lowest BCUT2D eigenvalue weighted by Gasteiger charge is -1.98. The van der Waals surface area contributed by atoms with E-state index in [1.54, 1.807) is 0 Å². The van der Waals surface area contributed by atoms with Gasteiger partial charge in [-0.15, -0.1) is 13.2 Å². The zero-order valence-corrected chi connectivity index (χ0v) is 10.3. The first-order chi connectivity index (χ1) is 8.35. The average molecular weight is 238 g/mol. The van der Waals surface area contributed by atoms with Gasteiger partial charge >= 0.3 is 0 Å². The highest BCUT2D eigenvalue weighted by Crippen LogP contribution is 2.29. The first-order valence-electron chi connectivity index (χ1n) is 6.45. The Labute approximate surface area is 103 Å². The van der Waals surface area contributed by atoms with Gasteiger partial charge < -0.3 is 14.2 Å². The number of ether oxygens (including phenoxy) is 3. The van der Waals surface area contributed by atoms with Gasteiger partial charge in [0.1, 0.15) is 12.2 Å². The molecule has 0 radical (unpaired) electrons. The predicted molar refractivity (Wildman–Crippen MR) is 67.0 cm³/mol. The molecule has 0 aliphatic carbocycles. The molecule has 2 aliphatic rings. The van der Waals surface area contributed by atoms with E-state index < -0.39 is 0 Å². The highest BCUT2D eigenvalue weighted by Gasteiger charge is 2.40. The third-order valence-electron chi connectivity index (χ3n) is 3.25. The fraction of sp³-hybridized carbons (Fsp3) is 0.714. The standard InChI is InChI=1S/C14H22O3/c1-3-5-7-11-13(16-11)9-15-10-14-12(17-14)8-6-4-2/h3-4,11-14H,1-2,5-10H2. The van der Waals surface area contributed by atoms with Gasteiger partial charge in [0.05, 0.1) is 25.4 Å². The van der Waals surface area contributed by atoms with Crippen LogP contribution in [0, 0.1) is 0 Å². The molecule has 3 heteroatoms. The van der Waals surface area contributed by atoms with Crippen molar-refractivity contribution in [3.8, 4) is 0 Å². The van der Waals surface area contributed by atoms with E-state index in [2.05, 4.69) is 13.2 Å². The van der Waals surface area contributed by atoms with E-state index in [4.69, 9.17) is 14.2 Å². The molecule has 2 aliphatic heterocycles. The van der Waals surface area contributed by atoms with Crippen molar-refractivity contribution in [1.82, 2.24) is 0 Å². The molecule has 4 atom stereocenters. The lowest BCUT2D eigenvalue weighted by Crippen LogP contribution is -2.10.